The number of hydrogen-bond acceptors (Lipinski definition) is 3. The predicted octanol–water partition coefficient (Wildman–Crippen LogP) is 1.70. The van der Waals surface area contributed by atoms with Gasteiger partial charge in [-0.1, -0.05) is 13.8 Å². The second kappa shape index (κ2) is 4.91. The standard InChI is InChI=1S/C7H17O3P/c1-4-11(9,5-2)10-7(3)6-8/h7-8H,4-6H2,1-3H3. The second-order valence-electron chi connectivity index (χ2n) is 2.55. The molecule has 0 aliphatic carbocycles. The molecule has 68 valence electrons. The third-order valence-electron chi connectivity index (χ3n) is 1.59. The molecule has 4 heteroatoms. The first kappa shape index (κ1) is 11.2. The fourth-order valence-corrected chi connectivity index (χ4v) is 2.20. The topological polar surface area (TPSA) is 46.5 Å². The molecule has 1 atom stereocenters. The van der Waals surface area contributed by atoms with Crippen LogP contribution in [-0.2, 0) is 9.09 Å². The Morgan fingerprint density at radius 3 is 2.18 bits per heavy atom. The lowest BCUT2D eigenvalue weighted by molar-refractivity contribution is 0.132. The van der Waals surface area contributed by atoms with Gasteiger partial charge in [0.1, 0.15) is 0 Å². The lowest BCUT2D eigenvalue weighted by Crippen LogP contribution is -2.12. The van der Waals surface area contributed by atoms with Gasteiger partial charge in [-0.15, -0.1) is 0 Å². The number of rotatable bonds is 5. The molecule has 0 aliphatic rings. The zero-order valence-corrected chi connectivity index (χ0v) is 8.30. The normalized spacial score (nSPS) is 14.9. The molecule has 0 rings (SSSR count). The SMILES string of the molecule is CCP(=O)(CC)OC(C)CO. The smallest absolute Gasteiger partial charge is 0.202 e. The van der Waals surface area contributed by atoms with Crippen LogP contribution in [0.1, 0.15) is 20.8 Å². The fraction of sp³-hybridized carbons (Fsp3) is 1.00. The Hall–Kier alpha value is 0.150. The van der Waals surface area contributed by atoms with Crippen LogP contribution in [0.5, 0.6) is 0 Å². The van der Waals surface area contributed by atoms with E-state index in [0.717, 1.165) is 0 Å². The number of aliphatic hydroxyl groups excluding tert-OH is 1. The Labute approximate surface area is 68.2 Å². The Bertz CT molecular complexity index is 139. The minimum atomic E-state index is -2.41. The molecule has 1 unspecified atom stereocenters. The summed E-state index contributed by atoms with van der Waals surface area (Å²) in [7, 11) is -2.41. The third-order valence-corrected chi connectivity index (χ3v) is 4.26. The van der Waals surface area contributed by atoms with E-state index in [9.17, 15) is 4.57 Å². The largest absolute Gasteiger partial charge is 0.394 e. The molecule has 0 radical (unpaired) electrons. The summed E-state index contributed by atoms with van der Waals surface area (Å²) in [6, 6.07) is 0. The van der Waals surface area contributed by atoms with Crippen molar-refractivity contribution in [3.63, 3.8) is 0 Å². The highest BCUT2D eigenvalue weighted by atomic mass is 31.2. The minimum absolute atomic E-state index is 0.0655. The summed E-state index contributed by atoms with van der Waals surface area (Å²) in [5.74, 6) is 0. The molecule has 0 aliphatic heterocycles. The minimum Gasteiger partial charge on any atom is -0.394 e. The van der Waals surface area contributed by atoms with Gasteiger partial charge in [0.05, 0.1) is 12.7 Å². The first-order valence-corrected chi connectivity index (χ1v) is 5.94. The van der Waals surface area contributed by atoms with Gasteiger partial charge < -0.3 is 9.63 Å². The molecular weight excluding hydrogens is 163 g/mol. The molecule has 11 heavy (non-hydrogen) atoms. The van der Waals surface area contributed by atoms with Crippen LogP contribution in [-0.4, -0.2) is 30.1 Å². The lowest BCUT2D eigenvalue weighted by atomic mass is 10.5. The van der Waals surface area contributed by atoms with E-state index in [1.807, 2.05) is 13.8 Å². The average Bonchev–Trinajstić information content (AvgIpc) is 2.04. The first-order valence-electron chi connectivity index (χ1n) is 3.95. The van der Waals surface area contributed by atoms with Crippen LogP contribution in [0.15, 0.2) is 0 Å². The summed E-state index contributed by atoms with van der Waals surface area (Å²) < 4.78 is 16.8. The molecule has 0 fully saturated rings. The molecule has 0 amide bonds. The van der Waals surface area contributed by atoms with Gasteiger partial charge in [-0.2, -0.15) is 0 Å². The van der Waals surface area contributed by atoms with Crippen LogP contribution in [0.25, 0.3) is 0 Å². The molecule has 0 heterocycles. The van der Waals surface area contributed by atoms with Crippen molar-refractivity contribution >= 4 is 7.37 Å². The Balaban J connectivity index is 3.97. The fourth-order valence-electron chi connectivity index (χ4n) is 0.734. The maximum Gasteiger partial charge on any atom is 0.202 e. The van der Waals surface area contributed by atoms with Crippen molar-refractivity contribution in [3.8, 4) is 0 Å². The van der Waals surface area contributed by atoms with Crippen molar-refractivity contribution < 1.29 is 14.2 Å². The van der Waals surface area contributed by atoms with Crippen molar-refractivity contribution in [1.29, 1.82) is 0 Å². The molecule has 0 aromatic carbocycles. The molecule has 0 saturated carbocycles. The molecule has 3 nitrogen and oxygen atoms in total. The van der Waals surface area contributed by atoms with E-state index in [4.69, 9.17) is 9.63 Å². The van der Waals surface area contributed by atoms with Crippen molar-refractivity contribution in [3.05, 3.63) is 0 Å². The quantitative estimate of drug-likeness (QED) is 0.655. The van der Waals surface area contributed by atoms with E-state index in [0.29, 0.717) is 12.3 Å². The van der Waals surface area contributed by atoms with E-state index in [-0.39, 0.29) is 12.7 Å². The molecular formula is C7H17O3P. The maximum absolute atomic E-state index is 11.6. The monoisotopic (exact) mass is 180 g/mol. The Morgan fingerprint density at radius 2 is 1.91 bits per heavy atom. The first-order chi connectivity index (χ1) is 5.08. The van der Waals surface area contributed by atoms with Gasteiger partial charge >= 0.3 is 0 Å². The summed E-state index contributed by atoms with van der Waals surface area (Å²) >= 11 is 0. The van der Waals surface area contributed by atoms with E-state index < -0.39 is 7.37 Å². The van der Waals surface area contributed by atoms with Gasteiger partial charge in [0.2, 0.25) is 7.37 Å². The molecule has 0 bridgehead atoms. The molecule has 0 aromatic heterocycles. The lowest BCUT2D eigenvalue weighted by Gasteiger charge is -2.18. The van der Waals surface area contributed by atoms with Gasteiger partial charge in [-0.3, -0.25) is 4.57 Å². The van der Waals surface area contributed by atoms with Gasteiger partial charge in [-0.25, -0.2) is 0 Å². The van der Waals surface area contributed by atoms with Crippen LogP contribution in [0.3, 0.4) is 0 Å². The zero-order valence-electron chi connectivity index (χ0n) is 7.41. The second-order valence-corrected chi connectivity index (χ2v) is 5.65. The zero-order chi connectivity index (χ0) is 8.91. The van der Waals surface area contributed by atoms with Crippen LogP contribution in [0.4, 0.5) is 0 Å². The van der Waals surface area contributed by atoms with Crippen LogP contribution in [0.2, 0.25) is 0 Å². The summed E-state index contributed by atoms with van der Waals surface area (Å²) in [6.45, 7) is 5.34. The molecule has 0 spiro atoms. The van der Waals surface area contributed by atoms with E-state index in [1.54, 1.807) is 6.92 Å². The summed E-state index contributed by atoms with van der Waals surface area (Å²) in [4.78, 5) is 0. The Morgan fingerprint density at radius 1 is 1.45 bits per heavy atom. The van der Waals surface area contributed by atoms with Gasteiger partial charge in [0.15, 0.2) is 0 Å². The van der Waals surface area contributed by atoms with Gasteiger partial charge in [0, 0.05) is 12.3 Å². The summed E-state index contributed by atoms with van der Waals surface area (Å²) in [5, 5.41) is 8.64. The highest BCUT2D eigenvalue weighted by molar-refractivity contribution is 7.58. The number of hydrogen-bond donors (Lipinski definition) is 1. The third kappa shape index (κ3) is 3.90. The van der Waals surface area contributed by atoms with Crippen LogP contribution >= 0.6 is 7.37 Å². The summed E-state index contributed by atoms with van der Waals surface area (Å²) in [5.41, 5.74) is 0. The number of aliphatic hydroxyl groups is 1. The van der Waals surface area contributed by atoms with E-state index >= 15 is 0 Å². The van der Waals surface area contributed by atoms with Gasteiger partial charge in [0.25, 0.3) is 0 Å². The molecule has 0 aromatic rings. The predicted molar refractivity (Wildman–Crippen MR) is 46.3 cm³/mol. The Kier molecular flexibility index (Phi) is 4.98. The van der Waals surface area contributed by atoms with Crippen molar-refractivity contribution in [2.75, 3.05) is 18.9 Å². The molecule has 1 N–H and O–H groups in total. The highest BCUT2D eigenvalue weighted by Gasteiger charge is 2.20. The average molecular weight is 180 g/mol. The van der Waals surface area contributed by atoms with E-state index in [2.05, 4.69) is 0 Å². The van der Waals surface area contributed by atoms with Gasteiger partial charge in [-0.05, 0) is 6.92 Å². The van der Waals surface area contributed by atoms with Crippen molar-refractivity contribution in [2.24, 2.45) is 0 Å². The van der Waals surface area contributed by atoms with Crippen LogP contribution in [0, 0.1) is 0 Å². The summed E-state index contributed by atoms with van der Waals surface area (Å²) in [6.07, 6.45) is 0.794. The van der Waals surface area contributed by atoms with Crippen molar-refractivity contribution in [2.45, 2.75) is 26.9 Å². The van der Waals surface area contributed by atoms with Crippen molar-refractivity contribution in [1.82, 2.24) is 0 Å². The highest BCUT2D eigenvalue weighted by Crippen LogP contribution is 2.46. The molecule has 0 saturated heterocycles. The maximum atomic E-state index is 11.6. The van der Waals surface area contributed by atoms with Crippen LogP contribution < -0.4 is 0 Å². The van der Waals surface area contributed by atoms with E-state index in [1.165, 1.54) is 0 Å².